The van der Waals surface area contributed by atoms with Crippen LogP contribution in [0.1, 0.15) is 28.4 Å². The summed E-state index contributed by atoms with van der Waals surface area (Å²) in [6.07, 6.45) is 0. The minimum absolute atomic E-state index is 0.166. The van der Waals surface area contributed by atoms with Crippen molar-refractivity contribution in [2.75, 3.05) is 17.7 Å². The number of amides is 1. The molecule has 2 rings (SSSR count). The smallest absolute Gasteiger partial charge is 0.338 e. The van der Waals surface area contributed by atoms with Crippen molar-refractivity contribution in [3.05, 3.63) is 65.2 Å². The minimum Gasteiger partial charge on any atom is -0.462 e. The Hall–Kier alpha value is -2.58. The predicted molar refractivity (Wildman–Crippen MR) is 117 cm³/mol. The van der Waals surface area contributed by atoms with Crippen LogP contribution in [0.4, 0.5) is 5.69 Å². The number of ether oxygens (including phenoxy) is 1. The first-order chi connectivity index (χ1) is 13.5. The first kappa shape index (κ1) is 21.7. The summed E-state index contributed by atoms with van der Waals surface area (Å²) in [6, 6.07) is 14.8. The van der Waals surface area contributed by atoms with Crippen molar-refractivity contribution < 1.29 is 14.3 Å². The van der Waals surface area contributed by atoms with Crippen LogP contribution in [-0.4, -0.2) is 29.3 Å². The summed E-state index contributed by atoms with van der Waals surface area (Å²) in [5.41, 5.74) is 8.81. The zero-order chi connectivity index (χ0) is 20.4. The van der Waals surface area contributed by atoms with Gasteiger partial charge in [-0.1, -0.05) is 24.3 Å². The van der Waals surface area contributed by atoms with Gasteiger partial charge in [0.15, 0.2) is 5.11 Å². The van der Waals surface area contributed by atoms with Gasteiger partial charge in [0.2, 0.25) is 5.91 Å². The predicted octanol–water partition coefficient (Wildman–Crippen LogP) is 3.42. The van der Waals surface area contributed by atoms with Gasteiger partial charge in [0, 0.05) is 11.4 Å². The van der Waals surface area contributed by atoms with E-state index in [2.05, 4.69) is 35.2 Å². The number of hydrogen-bond acceptors (Lipinski definition) is 5. The highest BCUT2D eigenvalue weighted by molar-refractivity contribution is 7.99. The number of hydrazine groups is 1. The molecule has 0 heterocycles. The van der Waals surface area contributed by atoms with E-state index >= 15 is 0 Å². The SMILES string of the molecule is CCOC(=O)c1ccc(NC(=S)NNC(=O)CSCc2ccccc2C)cc1. The summed E-state index contributed by atoms with van der Waals surface area (Å²) < 4.78 is 4.93. The molecule has 0 bridgehead atoms. The lowest BCUT2D eigenvalue weighted by molar-refractivity contribution is -0.119. The van der Waals surface area contributed by atoms with E-state index in [1.807, 2.05) is 12.1 Å². The summed E-state index contributed by atoms with van der Waals surface area (Å²) in [6.45, 7) is 4.14. The molecule has 148 valence electrons. The first-order valence-electron chi connectivity index (χ1n) is 8.75. The molecule has 1 amide bonds. The van der Waals surface area contributed by atoms with Crippen LogP contribution in [0.25, 0.3) is 0 Å². The molecular formula is C20H23N3O3S2. The molecule has 0 saturated carbocycles. The molecule has 0 aliphatic carbocycles. The number of esters is 1. The van der Waals surface area contributed by atoms with Crippen LogP contribution in [0.15, 0.2) is 48.5 Å². The van der Waals surface area contributed by atoms with E-state index in [4.69, 9.17) is 17.0 Å². The van der Waals surface area contributed by atoms with E-state index in [0.29, 0.717) is 23.6 Å². The van der Waals surface area contributed by atoms with Crippen molar-refractivity contribution in [2.24, 2.45) is 0 Å². The van der Waals surface area contributed by atoms with Gasteiger partial charge in [-0.2, -0.15) is 0 Å². The Labute approximate surface area is 174 Å². The topological polar surface area (TPSA) is 79.5 Å². The zero-order valence-corrected chi connectivity index (χ0v) is 17.4. The van der Waals surface area contributed by atoms with E-state index in [1.165, 1.54) is 22.9 Å². The highest BCUT2D eigenvalue weighted by Gasteiger charge is 2.07. The van der Waals surface area contributed by atoms with Crippen LogP contribution >= 0.6 is 24.0 Å². The van der Waals surface area contributed by atoms with Gasteiger partial charge < -0.3 is 10.1 Å². The van der Waals surface area contributed by atoms with Gasteiger partial charge in [0.05, 0.1) is 17.9 Å². The Morgan fingerprint density at radius 2 is 1.79 bits per heavy atom. The number of hydrogen-bond donors (Lipinski definition) is 3. The fourth-order valence-corrected chi connectivity index (χ4v) is 3.33. The van der Waals surface area contributed by atoms with Gasteiger partial charge >= 0.3 is 5.97 Å². The Kier molecular flexibility index (Phi) is 8.77. The average Bonchev–Trinajstić information content (AvgIpc) is 2.68. The molecule has 0 spiro atoms. The van der Waals surface area contributed by atoms with Crippen LogP contribution in [0.5, 0.6) is 0 Å². The molecule has 0 atom stereocenters. The van der Waals surface area contributed by atoms with E-state index in [0.717, 1.165) is 5.75 Å². The molecule has 2 aromatic rings. The molecular weight excluding hydrogens is 394 g/mol. The normalized spacial score (nSPS) is 10.1. The van der Waals surface area contributed by atoms with Crippen LogP contribution in [0, 0.1) is 6.92 Å². The number of aryl methyl sites for hydroxylation is 1. The minimum atomic E-state index is -0.370. The lowest BCUT2D eigenvalue weighted by Crippen LogP contribution is -2.44. The van der Waals surface area contributed by atoms with Gasteiger partial charge in [-0.3, -0.25) is 15.6 Å². The molecule has 0 aromatic heterocycles. The van der Waals surface area contributed by atoms with Crippen molar-refractivity contribution in [3.63, 3.8) is 0 Å². The molecule has 3 N–H and O–H groups in total. The molecule has 8 heteroatoms. The third-order valence-electron chi connectivity index (χ3n) is 3.72. The van der Waals surface area contributed by atoms with Crippen LogP contribution in [0.3, 0.4) is 0 Å². The highest BCUT2D eigenvalue weighted by atomic mass is 32.2. The number of thioether (sulfide) groups is 1. The second kappa shape index (κ2) is 11.3. The van der Waals surface area contributed by atoms with Gasteiger partial charge in [0.1, 0.15) is 0 Å². The first-order valence-corrected chi connectivity index (χ1v) is 10.3. The quantitative estimate of drug-likeness (QED) is 0.362. The second-order valence-corrected chi connectivity index (χ2v) is 7.24. The molecule has 0 radical (unpaired) electrons. The summed E-state index contributed by atoms with van der Waals surface area (Å²) in [5.74, 6) is 0.555. The Morgan fingerprint density at radius 3 is 2.46 bits per heavy atom. The molecule has 0 aliphatic heterocycles. The number of anilines is 1. The Morgan fingerprint density at radius 1 is 1.07 bits per heavy atom. The van der Waals surface area contributed by atoms with E-state index in [9.17, 15) is 9.59 Å². The van der Waals surface area contributed by atoms with E-state index < -0.39 is 0 Å². The summed E-state index contributed by atoms with van der Waals surface area (Å²) in [4.78, 5) is 23.5. The monoisotopic (exact) mass is 417 g/mol. The fraction of sp³-hybridized carbons (Fsp3) is 0.250. The number of carbonyl (C=O) groups is 2. The molecule has 2 aromatic carbocycles. The number of thiocarbonyl (C=S) groups is 1. The lowest BCUT2D eigenvalue weighted by atomic mass is 10.1. The second-order valence-electron chi connectivity index (χ2n) is 5.84. The molecule has 6 nitrogen and oxygen atoms in total. The van der Waals surface area contributed by atoms with Crippen molar-refractivity contribution in [1.82, 2.24) is 10.9 Å². The molecule has 0 unspecified atom stereocenters. The van der Waals surface area contributed by atoms with Crippen molar-refractivity contribution in [2.45, 2.75) is 19.6 Å². The van der Waals surface area contributed by atoms with Gasteiger partial charge in [0.25, 0.3) is 0 Å². The van der Waals surface area contributed by atoms with E-state index in [1.54, 1.807) is 31.2 Å². The van der Waals surface area contributed by atoms with Gasteiger partial charge in [-0.25, -0.2) is 4.79 Å². The Bertz CT molecular complexity index is 826. The third-order valence-corrected chi connectivity index (χ3v) is 4.91. The zero-order valence-electron chi connectivity index (χ0n) is 15.8. The number of nitrogens with one attached hydrogen (secondary N) is 3. The molecule has 28 heavy (non-hydrogen) atoms. The van der Waals surface area contributed by atoms with Crippen LogP contribution in [-0.2, 0) is 15.3 Å². The fourth-order valence-electron chi connectivity index (χ4n) is 2.25. The van der Waals surface area contributed by atoms with Gasteiger partial charge in [-0.05, 0) is 61.5 Å². The highest BCUT2D eigenvalue weighted by Crippen LogP contribution is 2.15. The third kappa shape index (κ3) is 7.21. The van der Waals surface area contributed by atoms with Crippen molar-refractivity contribution in [3.8, 4) is 0 Å². The standard InChI is InChI=1S/C20H23N3O3S2/c1-3-26-19(25)15-8-10-17(11-9-15)21-20(27)23-22-18(24)13-28-12-16-7-5-4-6-14(16)2/h4-11H,3,12-13H2,1-2H3,(H,22,24)(H2,21,23,27). The number of benzene rings is 2. The maximum atomic E-state index is 11.9. The molecule has 0 saturated heterocycles. The summed E-state index contributed by atoms with van der Waals surface area (Å²) >= 11 is 6.68. The molecule has 0 fully saturated rings. The largest absolute Gasteiger partial charge is 0.462 e. The summed E-state index contributed by atoms with van der Waals surface area (Å²) in [5, 5.41) is 3.18. The van der Waals surface area contributed by atoms with Crippen molar-refractivity contribution in [1.29, 1.82) is 0 Å². The van der Waals surface area contributed by atoms with Gasteiger partial charge in [-0.15, -0.1) is 11.8 Å². The lowest BCUT2D eigenvalue weighted by Gasteiger charge is -2.12. The van der Waals surface area contributed by atoms with Crippen molar-refractivity contribution >= 4 is 46.7 Å². The Balaban J connectivity index is 1.69. The van der Waals surface area contributed by atoms with Crippen LogP contribution < -0.4 is 16.2 Å². The van der Waals surface area contributed by atoms with Crippen LogP contribution in [0.2, 0.25) is 0 Å². The maximum Gasteiger partial charge on any atom is 0.338 e. The number of rotatable bonds is 7. The van der Waals surface area contributed by atoms with E-state index in [-0.39, 0.29) is 17.0 Å². The maximum absolute atomic E-state index is 11.9. The summed E-state index contributed by atoms with van der Waals surface area (Å²) in [7, 11) is 0. The molecule has 0 aliphatic rings. The average molecular weight is 418 g/mol. The number of carbonyl (C=O) groups excluding carboxylic acids is 2.